The van der Waals surface area contributed by atoms with E-state index >= 15 is 0 Å². The van der Waals surface area contributed by atoms with Gasteiger partial charge in [0.15, 0.2) is 0 Å². The van der Waals surface area contributed by atoms with Crippen molar-refractivity contribution >= 4 is 8.07 Å². The van der Waals surface area contributed by atoms with E-state index < -0.39 is 13.7 Å². The molecule has 3 aliphatic carbocycles. The molecule has 78 valence electrons. The topological polar surface area (TPSA) is 20.2 Å². The van der Waals surface area contributed by atoms with Crippen molar-refractivity contribution in [2.24, 2.45) is 11.8 Å². The Morgan fingerprint density at radius 2 is 1.64 bits per heavy atom. The van der Waals surface area contributed by atoms with Gasteiger partial charge in [-0.15, -0.1) is 5.54 Å². The van der Waals surface area contributed by atoms with Crippen molar-refractivity contribution in [2.45, 2.75) is 50.9 Å². The van der Waals surface area contributed by atoms with Crippen molar-refractivity contribution in [1.29, 1.82) is 0 Å². The lowest BCUT2D eigenvalue weighted by Crippen LogP contribution is -2.45. The first-order chi connectivity index (χ1) is 6.36. The average molecular weight is 208 g/mol. The second kappa shape index (κ2) is 3.11. The molecule has 0 aromatic heterocycles. The van der Waals surface area contributed by atoms with Gasteiger partial charge in [0, 0.05) is 0 Å². The predicted molar refractivity (Wildman–Crippen MR) is 61.5 cm³/mol. The van der Waals surface area contributed by atoms with Gasteiger partial charge in [-0.3, -0.25) is 0 Å². The summed E-state index contributed by atoms with van der Waals surface area (Å²) in [7, 11) is -1.32. The molecule has 0 radical (unpaired) electrons. The van der Waals surface area contributed by atoms with Crippen LogP contribution < -0.4 is 0 Å². The predicted octanol–water partition coefficient (Wildman–Crippen LogP) is 2.42. The lowest BCUT2D eigenvalue weighted by Gasteiger charge is -2.47. The van der Waals surface area contributed by atoms with Gasteiger partial charge < -0.3 is 5.11 Å². The molecule has 0 unspecified atom stereocenters. The first-order valence-electron chi connectivity index (χ1n) is 5.63. The van der Waals surface area contributed by atoms with Gasteiger partial charge in [0.2, 0.25) is 0 Å². The van der Waals surface area contributed by atoms with Crippen molar-refractivity contribution in [2.75, 3.05) is 0 Å². The fourth-order valence-corrected chi connectivity index (χ4v) is 3.26. The van der Waals surface area contributed by atoms with Gasteiger partial charge in [0.25, 0.3) is 0 Å². The number of fused-ring (bicyclic) bond motifs is 2. The Balaban J connectivity index is 2.05. The molecule has 0 aromatic carbocycles. The van der Waals surface area contributed by atoms with Gasteiger partial charge in [-0.1, -0.05) is 25.6 Å². The summed E-state index contributed by atoms with van der Waals surface area (Å²) in [5.74, 6) is 4.71. The van der Waals surface area contributed by atoms with E-state index in [2.05, 4.69) is 31.1 Å². The van der Waals surface area contributed by atoms with Gasteiger partial charge in [-0.05, 0) is 37.5 Å². The van der Waals surface area contributed by atoms with E-state index in [1.807, 2.05) is 0 Å². The molecule has 0 heterocycles. The summed E-state index contributed by atoms with van der Waals surface area (Å²) in [4.78, 5) is 0. The van der Waals surface area contributed by atoms with E-state index in [0.29, 0.717) is 0 Å². The van der Waals surface area contributed by atoms with Gasteiger partial charge >= 0.3 is 0 Å². The number of rotatable bonds is 0. The van der Waals surface area contributed by atoms with Crippen LogP contribution in [0.25, 0.3) is 0 Å². The Bertz CT molecular complexity index is 276. The van der Waals surface area contributed by atoms with Crippen LogP contribution in [0.3, 0.4) is 0 Å². The number of aliphatic hydroxyl groups is 1. The molecular weight excluding hydrogens is 188 g/mol. The van der Waals surface area contributed by atoms with Crippen LogP contribution in [0.1, 0.15) is 25.7 Å². The first kappa shape index (κ1) is 10.3. The summed E-state index contributed by atoms with van der Waals surface area (Å²) < 4.78 is 0. The van der Waals surface area contributed by atoms with Crippen LogP contribution in [-0.2, 0) is 0 Å². The van der Waals surface area contributed by atoms with Crippen molar-refractivity contribution in [1.82, 2.24) is 0 Å². The highest BCUT2D eigenvalue weighted by molar-refractivity contribution is 6.83. The maximum Gasteiger partial charge on any atom is 0.129 e. The zero-order valence-corrected chi connectivity index (χ0v) is 10.4. The first-order valence-corrected chi connectivity index (χ1v) is 9.13. The van der Waals surface area contributed by atoms with Crippen molar-refractivity contribution < 1.29 is 5.11 Å². The molecule has 3 aliphatic rings. The number of hydrogen-bond donors (Lipinski definition) is 1. The monoisotopic (exact) mass is 208 g/mol. The standard InChI is InChI=1S/C12H20OSi/c1-14(2,3)5-4-12(13)8-10-6-11(7-10)9-12/h10-11,13H,6-9H2,1-3H3. The second-order valence-corrected chi connectivity index (χ2v) is 10.9. The zero-order valence-electron chi connectivity index (χ0n) is 9.43. The Hall–Kier alpha value is -0.263. The Morgan fingerprint density at radius 1 is 1.14 bits per heavy atom. The smallest absolute Gasteiger partial charge is 0.129 e. The highest BCUT2D eigenvalue weighted by Gasteiger charge is 2.45. The second-order valence-electron chi connectivity index (χ2n) is 6.14. The Morgan fingerprint density at radius 3 is 2.07 bits per heavy atom. The Kier molecular flexibility index (Phi) is 2.28. The molecule has 1 N–H and O–H groups in total. The molecule has 14 heavy (non-hydrogen) atoms. The third-order valence-electron chi connectivity index (χ3n) is 3.26. The van der Waals surface area contributed by atoms with E-state index in [-0.39, 0.29) is 0 Å². The lowest BCUT2D eigenvalue weighted by atomic mass is 9.60. The molecule has 0 saturated heterocycles. The maximum absolute atomic E-state index is 10.3. The van der Waals surface area contributed by atoms with Crippen LogP contribution in [0, 0.1) is 23.3 Å². The van der Waals surface area contributed by atoms with Crippen LogP contribution in [-0.4, -0.2) is 18.8 Å². The minimum atomic E-state index is -1.32. The molecule has 1 nitrogen and oxygen atoms in total. The molecule has 3 fully saturated rings. The summed E-state index contributed by atoms with van der Waals surface area (Å²) in [6, 6.07) is 0. The van der Waals surface area contributed by atoms with Crippen LogP contribution >= 0.6 is 0 Å². The largest absolute Gasteiger partial charge is 0.378 e. The highest BCUT2D eigenvalue weighted by Crippen LogP contribution is 2.49. The number of hydrogen-bond acceptors (Lipinski definition) is 1. The van der Waals surface area contributed by atoms with Crippen molar-refractivity contribution in [3.05, 3.63) is 0 Å². The molecule has 2 bridgehead atoms. The molecule has 3 rings (SSSR count). The summed E-state index contributed by atoms with van der Waals surface area (Å²) in [6.45, 7) is 6.69. The highest BCUT2D eigenvalue weighted by atomic mass is 28.3. The third-order valence-corrected chi connectivity index (χ3v) is 4.13. The SMILES string of the molecule is C[Si](C)(C)C#CC1(O)CC2CC(C2)C1. The van der Waals surface area contributed by atoms with Crippen LogP contribution in [0.4, 0.5) is 0 Å². The van der Waals surface area contributed by atoms with E-state index in [9.17, 15) is 5.11 Å². The molecule has 0 atom stereocenters. The summed E-state index contributed by atoms with van der Waals surface area (Å²) >= 11 is 0. The minimum absolute atomic E-state index is 0.619. The van der Waals surface area contributed by atoms with Gasteiger partial charge in [-0.25, -0.2) is 0 Å². The van der Waals surface area contributed by atoms with Gasteiger partial charge in [0.05, 0.1) is 0 Å². The molecule has 0 spiro atoms. The lowest BCUT2D eigenvalue weighted by molar-refractivity contribution is -0.0468. The van der Waals surface area contributed by atoms with Crippen LogP contribution in [0.15, 0.2) is 0 Å². The van der Waals surface area contributed by atoms with Gasteiger partial charge in [0.1, 0.15) is 13.7 Å². The minimum Gasteiger partial charge on any atom is -0.378 e. The maximum atomic E-state index is 10.3. The van der Waals surface area contributed by atoms with E-state index in [4.69, 9.17) is 0 Å². The van der Waals surface area contributed by atoms with E-state index in [0.717, 1.165) is 24.7 Å². The molecule has 0 amide bonds. The average Bonchev–Trinajstić information content (AvgIpc) is 1.98. The quantitative estimate of drug-likeness (QED) is 0.479. The van der Waals surface area contributed by atoms with Crippen molar-refractivity contribution in [3.8, 4) is 11.5 Å². The van der Waals surface area contributed by atoms with Crippen LogP contribution in [0.2, 0.25) is 19.6 Å². The molecule has 2 heteroatoms. The summed E-state index contributed by atoms with van der Waals surface area (Å²) in [5, 5.41) is 10.3. The normalized spacial score (nSPS) is 40.9. The van der Waals surface area contributed by atoms with Gasteiger partial charge in [-0.2, -0.15) is 0 Å². The van der Waals surface area contributed by atoms with E-state index in [1.165, 1.54) is 12.8 Å². The fourth-order valence-electron chi connectivity index (χ4n) is 2.65. The van der Waals surface area contributed by atoms with E-state index in [1.54, 1.807) is 0 Å². The fraction of sp³-hybridized carbons (Fsp3) is 0.833. The van der Waals surface area contributed by atoms with Crippen LogP contribution in [0.5, 0.6) is 0 Å². The molecule has 3 saturated carbocycles. The van der Waals surface area contributed by atoms with Crippen molar-refractivity contribution in [3.63, 3.8) is 0 Å². The Labute approximate surface area is 87.9 Å². The zero-order chi connectivity index (χ0) is 10.4. The summed E-state index contributed by atoms with van der Waals surface area (Å²) in [6.07, 6.45) is 4.55. The molecule has 0 aromatic rings. The molecule has 0 aliphatic heterocycles. The molecular formula is C12H20OSi. The summed E-state index contributed by atoms with van der Waals surface area (Å²) in [5.41, 5.74) is 2.69. The third kappa shape index (κ3) is 2.21.